The van der Waals surface area contributed by atoms with Gasteiger partial charge < -0.3 is 20.7 Å². The molecule has 0 spiro atoms. The predicted octanol–water partition coefficient (Wildman–Crippen LogP) is 4.27. The lowest BCUT2D eigenvalue weighted by Gasteiger charge is -2.20. The molecule has 3 aromatic rings. The van der Waals surface area contributed by atoms with Crippen LogP contribution in [-0.2, 0) is 11.0 Å². The number of ether oxygens (including phenoxy) is 1. The first-order valence-electron chi connectivity index (χ1n) is 10.7. The summed E-state index contributed by atoms with van der Waals surface area (Å²) in [5.74, 6) is -1.31. The molecule has 0 radical (unpaired) electrons. The van der Waals surface area contributed by atoms with Gasteiger partial charge in [-0.25, -0.2) is 19.2 Å². The number of carbonyl (C=O) groups is 2. The Morgan fingerprint density at radius 1 is 1.08 bits per heavy atom. The number of halogens is 4. The molecule has 188 valence electrons. The van der Waals surface area contributed by atoms with Gasteiger partial charge in [0.25, 0.3) is 0 Å². The highest BCUT2D eigenvalue weighted by Gasteiger charge is 2.52. The van der Waals surface area contributed by atoms with Crippen molar-refractivity contribution in [2.45, 2.75) is 37.5 Å². The Balaban J connectivity index is 1.36. The van der Waals surface area contributed by atoms with E-state index >= 15 is 0 Å². The van der Waals surface area contributed by atoms with E-state index in [9.17, 15) is 27.2 Å². The highest BCUT2D eigenvalue weighted by molar-refractivity contribution is 5.93. The van der Waals surface area contributed by atoms with E-state index in [0.717, 1.165) is 12.1 Å². The number of rotatable bonds is 7. The maximum atomic E-state index is 13.3. The molecule has 0 bridgehead atoms. The monoisotopic (exact) mass is 504 g/mol. The molecule has 1 atom stereocenters. The lowest BCUT2D eigenvalue weighted by molar-refractivity contribution is -0.137. The van der Waals surface area contributed by atoms with Crippen LogP contribution in [0.2, 0.25) is 0 Å². The molecule has 2 aromatic heterocycles. The van der Waals surface area contributed by atoms with Crippen LogP contribution in [0.15, 0.2) is 55.2 Å². The van der Waals surface area contributed by atoms with Crippen LogP contribution < -0.4 is 20.7 Å². The number of pyridine rings is 1. The molecule has 2 amide bonds. The van der Waals surface area contributed by atoms with E-state index < -0.39 is 41.1 Å². The van der Waals surface area contributed by atoms with E-state index in [0.29, 0.717) is 24.6 Å². The first-order valence-corrected chi connectivity index (χ1v) is 10.7. The van der Waals surface area contributed by atoms with Crippen molar-refractivity contribution in [3.05, 3.63) is 72.3 Å². The van der Waals surface area contributed by atoms with Crippen molar-refractivity contribution < 1.29 is 31.9 Å². The van der Waals surface area contributed by atoms with Crippen LogP contribution in [0.1, 0.15) is 37.1 Å². The molecule has 4 rings (SSSR count). The number of hydrogen-bond acceptors (Lipinski definition) is 7. The van der Waals surface area contributed by atoms with E-state index in [4.69, 9.17) is 4.74 Å². The minimum absolute atomic E-state index is 0.125. The van der Waals surface area contributed by atoms with Crippen LogP contribution >= 0.6 is 0 Å². The highest BCUT2D eigenvalue weighted by Crippen LogP contribution is 2.37. The van der Waals surface area contributed by atoms with E-state index in [1.807, 2.05) is 0 Å². The Morgan fingerprint density at radius 2 is 1.81 bits per heavy atom. The van der Waals surface area contributed by atoms with E-state index in [1.165, 1.54) is 37.1 Å². The molecular weight excluding hydrogens is 484 g/mol. The number of aromatic nitrogens is 3. The molecule has 0 aliphatic heterocycles. The molecule has 1 aliphatic rings. The van der Waals surface area contributed by atoms with Crippen LogP contribution in [0.4, 0.5) is 33.7 Å². The van der Waals surface area contributed by atoms with Crippen LogP contribution in [0.25, 0.3) is 0 Å². The van der Waals surface area contributed by atoms with Gasteiger partial charge >= 0.3 is 12.3 Å². The van der Waals surface area contributed by atoms with Gasteiger partial charge in [-0.3, -0.25) is 9.78 Å². The van der Waals surface area contributed by atoms with Crippen molar-refractivity contribution in [2.24, 2.45) is 0 Å². The fourth-order valence-corrected chi connectivity index (χ4v) is 3.36. The zero-order chi connectivity index (χ0) is 25.9. The summed E-state index contributed by atoms with van der Waals surface area (Å²) in [4.78, 5) is 36.6. The molecule has 1 fully saturated rings. The molecule has 13 heteroatoms. The van der Waals surface area contributed by atoms with Crippen molar-refractivity contribution in [1.29, 1.82) is 0 Å². The average Bonchev–Trinajstić information content (AvgIpc) is 3.61. The van der Waals surface area contributed by atoms with Crippen LogP contribution in [-0.4, -0.2) is 32.5 Å². The zero-order valence-corrected chi connectivity index (χ0v) is 18.8. The Kier molecular flexibility index (Phi) is 6.73. The maximum Gasteiger partial charge on any atom is 0.418 e. The van der Waals surface area contributed by atoms with Crippen molar-refractivity contribution in [3.8, 4) is 5.75 Å². The zero-order valence-electron chi connectivity index (χ0n) is 18.8. The summed E-state index contributed by atoms with van der Waals surface area (Å²) in [7, 11) is 0. The SMILES string of the molecule is CC(NC(=O)C1(NC(=O)Oc2cncnc2)CC1)c1ccc(Nc2ccc(F)cc2C(F)(F)F)cn1. The van der Waals surface area contributed by atoms with Crippen LogP contribution in [0.5, 0.6) is 5.75 Å². The summed E-state index contributed by atoms with van der Waals surface area (Å²) in [5.41, 5.74) is -1.91. The smallest absolute Gasteiger partial charge is 0.407 e. The number of benzene rings is 1. The molecule has 2 heterocycles. The Hall–Kier alpha value is -4.29. The highest BCUT2D eigenvalue weighted by atomic mass is 19.4. The lowest BCUT2D eigenvalue weighted by atomic mass is 10.1. The number of anilines is 2. The van der Waals surface area contributed by atoms with Gasteiger partial charge in [0.2, 0.25) is 5.91 Å². The minimum Gasteiger partial charge on any atom is -0.407 e. The molecule has 1 saturated carbocycles. The third kappa shape index (κ3) is 5.85. The maximum absolute atomic E-state index is 13.3. The fraction of sp³-hybridized carbons (Fsp3) is 0.261. The van der Waals surface area contributed by atoms with Crippen molar-refractivity contribution in [2.75, 3.05) is 5.32 Å². The number of nitrogens with zero attached hydrogens (tertiary/aromatic N) is 3. The lowest BCUT2D eigenvalue weighted by Crippen LogP contribution is -2.50. The molecule has 3 N–H and O–H groups in total. The number of carbonyl (C=O) groups excluding carboxylic acids is 2. The summed E-state index contributed by atoms with van der Waals surface area (Å²) in [6, 6.07) is 4.77. The van der Waals surface area contributed by atoms with Gasteiger partial charge in [-0.2, -0.15) is 13.2 Å². The van der Waals surface area contributed by atoms with Crippen molar-refractivity contribution >= 4 is 23.4 Å². The summed E-state index contributed by atoms with van der Waals surface area (Å²) in [5, 5.41) is 7.90. The minimum atomic E-state index is -4.75. The first-order chi connectivity index (χ1) is 17.1. The van der Waals surface area contributed by atoms with E-state index in [1.54, 1.807) is 6.92 Å². The summed E-state index contributed by atoms with van der Waals surface area (Å²) in [6.45, 7) is 1.67. The quantitative estimate of drug-likeness (QED) is 0.411. The van der Waals surface area contributed by atoms with Gasteiger partial charge in [0.1, 0.15) is 17.7 Å². The second-order valence-electron chi connectivity index (χ2n) is 8.15. The number of amides is 2. The fourth-order valence-electron chi connectivity index (χ4n) is 3.36. The number of hydrogen-bond donors (Lipinski definition) is 3. The second kappa shape index (κ2) is 9.76. The molecule has 9 nitrogen and oxygen atoms in total. The van der Waals surface area contributed by atoms with Crippen molar-refractivity contribution in [3.63, 3.8) is 0 Å². The van der Waals surface area contributed by atoms with Crippen LogP contribution in [0.3, 0.4) is 0 Å². The Labute approximate surface area is 202 Å². The molecule has 1 aliphatic carbocycles. The van der Waals surface area contributed by atoms with Crippen molar-refractivity contribution in [1.82, 2.24) is 25.6 Å². The first kappa shape index (κ1) is 24.8. The third-order valence-corrected chi connectivity index (χ3v) is 5.42. The van der Waals surface area contributed by atoms with Crippen LogP contribution in [0, 0.1) is 5.82 Å². The van der Waals surface area contributed by atoms with Gasteiger partial charge in [0, 0.05) is 0 Å². The molecule has 1 aromatic carbocycles. The largest absolute Gasteiger partial charge is 0.418 e. The molecule has 1 unspecified atom stereocenters. The van der Waals surface area contributed by atoms with Gasteiger partial charge in [-0.05, 0) is 50.1 Å². The Morgan fingerprint density at radius 3 is 2.42 bits per heavy atom. The van der Waals surface area contributed by atoms with E-state index in [2.05, 4.69) is 30.9 Å². The third-order valence-electron chi connectivity index (χ3n) is 5.42. The number of nitrogens with one attached hydrogen (secondary N) is 3. The van der Waals surface area contributed by atoms with Gasteiger partial charge in [-0.1, -0.05) is 0 Å². The van der Waals surface area contributed by atoms with E-state index in [-0.39, 0.29) is 17.1 Å². The summed E-state index contributed by atoms with van der Waals surface area (Å²) < 4.78 is 58.0. The topological polar surface area (TPSA) is 118 Å². The molecular formula is C23H20F4N6O3. The molecule has 0 saturated heterocycles. The Bertz CT molecular complexity index is 1250. The van der Waals surface area contributed by atoms with Gasteiger partial charge in [-0.15, -0.1) is 0 Å². The summed E-state index contributed by atoms with van der Waals surface area (Å²) >= 11 is 0. The number of alkyl halides is 3. The normalized spacial score (nSPS) is 14.9. The average molecular weight is 504 g/mol. The standard InChI is InChI=1S/C23H20F4N6O3/c1-13(31-20(34)22(6-7-22)33-21(35)36-16-10-28-12-29-11-16)18-5-3-15(9-30-18)32-19-4-2-14(24)8-17(19)23(25,26)27/h2-5,8-13,32H,6-7H2,1H3,(H,31,34)(H,33,35). The predicted molar refractivity (Wildman–Crippen MR) is 119 cm³/mol. The van der Waals surface area contributed by atoms with Gasteiger partial charge in [0.15, 0.2) is 5.75 Å². The molecule has 36 heavy (non-hydrogen) atoms. The summed E-state index contributed by atoms with van der Waals surface area (Å²) in [6.07, 6.45) is 0.454. The van der Waals surface area contributed by atoms with Gasteiger partial charge in [0.05, 0.1) is 47.3 Å². The second-order valence-corrected chi connectivity index (χ2v) is 8.15.